The van der Waals surface area contributed by atoms with Crippen molar-refractivity contribution in [3.05, 3.63) is 28.5 Å². The van der Waals surface area contributed by atoms with Crippen molar-refractivity contribution >= 4 is 23.4 Å². The number of hydrogen-bond acceptors (Lipinski definition) is 3. The van der Waals surface area contributed by atoms with Crippen LogP contribution < -0.4 is 0 Å². The van der Waals surface area contributed by atoms with E-state index in [-0.39, 0.29) is 5.97 Å². The topological polar surface area (TPSA) is 26.3 Å². The number of carbonyl (C=O) groups excluding carboxylic acids is 1. The quantitative estimate of drug-likeness (QED) is 0.529. The molecule has 1 rings (SSSR count). The van der Waals surface area contributed by atoms with Crippen molar-refractivity contribution in [3.8, 4) is 0 Å². The number of ether oxygens (including phenoxy) is 1. The Bertz CT molecular complexity index is 262. The van der Waals surface area contributed by atoms with Crippen molar-refractivity contribution in [2.24, 2.45) is 0 Å². The Kier molecular flexibility index (Phi) is 3.54. The lowest BCUT2D eigenvalue weighted by Gasteiger charge is -1.93. The van der Waals surface area contributed by atoms with Gasteiger partial charge in [0.25, 0.3) is 0 Å². The third-order valence-corrected chi connectivity index (χ3v) is 1.94. The number of hydrogen-bond donors (Lipinski definition) is 0. The van der Waals surface area contributed by atoms with Crippen LogP contribution >= 0.6 is 11.3 Å². The number of esters is 1. The van der Waals surface area contributed by atoms with Gasteiger partial charge in [-0.2, -0.15) is 11.3 Å². The van der Waals surface area contributed by atoms with Crippen LogP contribution in [-0.2, 0) is 9.53 Å². The molecule has 0 atom stereocenters. The Morgan fingerprint density at radius 3 is 3.17 bits per heavy atom. The lowest BCUT2D eigenvalue weighted by atomic mass is 10.3. The summed E-state index contributed by atoms with van der Waals surface area (Å²) in [6.45, 7) is 2.21. The predicted molar refractivity (Wildman–Crippen MR) is 50.0 cm³/mol. The summed E-state index contributed by atoms with van der Waals surface area (Å²) >= 11 is 1.60. The van der Waals surface area contributed by atoms with Gasteiger partial charge in [0.2, 0.25) is 0 Å². The molecule has 0 unspecified atom stereocenters. The monoisotopic (exact) mass is 182 g/mol. The Hall–Kier alpha value is -1.09. The van der Waals surface area contributed by atoms with Crippen molar-refractivity contribution in [1.29, 1.82) is 0 Å². The van der Waals surface area contributed by atoms with Crippen LogP contribution in [0.1, 0.15) is 12.5 Å². The average molecular weight is 182 g/mol. The molecule has 1 heterocycles. The fourth-order valence-corrected chi connectivity index (χ4v) is 1.35. The molecule has 0 saturated heterocycles. The molecule has 12 heavy (non-hydrogen) atoms. The second kappa shape index (κ2) is 4.72. The Labute approximate surface area is 75.5 Å². The van der Waals surface area contributed by atoms with Crippen LogP contribution in [0.4, 0.5) is 0 Å². The molecule has 0 aromatic carbocycles. The smallest absolute Gasteiger partial charge is 0.330 e. The fourth-order valence-electron chi connectivity index (χ4n) is 0.724. The van der Waals surface area contributed by atoms with Crippen molar-refractivity contribution < 1.29 is 9.53 Å². The average Bonchev–Trinajstić information content (AvgIpc) is 2.53. The minimum Gasteiger partial charge on any atom is -0.463 e. The zero-order valence-electron chi connectivity index (χ0n) is 6.82. The third-order valence-electron chi connectivity index (χ3n) is 1.24. The van der Waals surface area contributed by atoms with Gasteiger partial charge in [-0.25, -0.2) is 4.79 Å². The Morgan fingerprint density at radius 1 is 1.75 bits per heavy atom. The van der Waals surface area contributed by atoms with Crippen LogP contribution in [0.15, 0.2) is 22.9 Å². The first-order valence-corrected chi connectivity index (χ1v) is 4.64. The van der Waals surface area contributed by atoms with Gasteiger partial charge in [0.15, 0.2) is 0 Å². The van der Waals surface area contributed by atoms with E-state index in [2.05, 4.69) is 0 Å². The number of carbonyl (C=O) groups is 1. The second-order valence-electron chi connectivity index (χ2n) is 2.14. The molecule has 2 nitrogen and oxygen atoms in total. The molecular formula is C9H10O2S. The van der Waals surface area contributed by atoms with E-state index in [0.717, 1.165) is 5.56 Å². The van der Waals surface area contributed by atoms with Crippen LogP contribution in [-0.4, -0.2) is 12.6 Å². The minimum atomic E-state index is -0.288. The lowest BCUT2D eigenvalue weighted by Crippen LogP contribution is -1.98. The maximum atomic E-state index is 10.8. The van der Waals surface area contributed by atoms with E-state index in [0.29, 0.717) is 6.61 Å². The number of rotatable bonds is 3. The van der Waals surface area contributed by atoms with Crippen LogP contribution in [0, 0.1) is 0 Å². The highest BCUT2D eigenvalue weighted by Crippen LogP contribution is 2.07. The first kappa shape index (κ1) is 9.00. The molecule has 0 N–H and O–H groups in total. The lowest BCUT2D eigenvalue weighted by molar-refractivity contribution is -0.137. The molecule has 3 heteroatoms. The molecule has 0 bridgehead atoms. The summed E-state index contributed by atoms with van der Waals surface area (Å²) in [6.07, 6.45) is 3.18. The van der Waals surface area contributed by atoms with Crippen LogP contribution in [0.5, 0.6) is 0 Å². The van der Waals surface area contributed by atoms with Gasteiger partial charge in [-0.3, -0.25) is 0 Å². The summed E-state index contributed by atoms with van der Waals surface area (Å²) in [5.74, 6) is -0.288. The first-order chi connectivity index (χ1) is 5.83. The highest BCUT2D eigenvalue weighted by atomic mass is 32.1. The summed E-state index contributed by atoms with van der Waals surface area (Å²) in [5.41, 5.74) is 1.04. The molecule has 0 aliphatic carbocycles. The van der Waals surface area contributed by atoms with Crippen molar-refractivity contribution in [1.82, 2.24) is 0 Å². The van der Waals surface area contributed by atoms with Crippen molar-refractivity contribution in [2.75, 3.05) is 6.61 Å². The molecule has 0 radical (unpaired) electrons. The van der Waals surface area contributed by atoms with Gasteiger partial charge in [-0.05, 0) is 35.4 Å². The second-order valence-corrected chi connectivity index (χ2v) is 2.92. The van der Waals surface area contributed by atoms with Crippen molar-refractivity contribution in [3.63, 3.8) is 0 Å². The molecule has 0 amide bonds. The van der Waals surface area contributed by atoms with Gasteiger partial charge in [-0.1, -0.05) is 0 Å². The summed E-state index contributed by atoms with van der Waals surface area (Å²) < 4.78 is 4.72. The minimum absolute atomic E-state index is 0.288. The normalized spacial score (nSPS) is 10.4. The molecule has 64 valence electrons. The fraction of sp³-hybridized carbons (Fsp3) is 0.222. The van der Waals surface area contributed by atoms with Gasteiger partial charge in [0, 0.05) is 6.08 Å². The maximum absolute atomic E-state index is 10.8. The highest BCUT2D eigenvalue weighted by Gasteiger charge is 1.92. The van der Waals surface area contributed by atoms with Crippen LogP contribution in [0.3, 0.4) is 0 Å². The van der Waals surface area contributed by atoms with Gasteiger partial charge >= 0.3 is 5.97 Å². The molecule has 0 saturated carbocycles. The number of thiophene rings is 1. The van der Waals surface area contributed by atoms with Crippen molar-refractivity contribution in [2.45, 2.75) is 6.92 Å². The first-order valence-electron chi connectivity index (χ1n) is 3.70. The SMILES string of the molecule is CCOC(=O)/C=C/c1ccsc1. The van der Waals surface area contributed by atoms with Gasteiger partial charge < -0.3 is 4.74 Å². The van der Waals surface area contributed by atoms with E-state index >= 15 is 0 Å². The zero-order valence-corrected chi connectivity index (χ0v) is 7.64. The summed E-state index contributed by atoms with van der Waals surface area (Å²) in [4.78, 5) is 10.8. The van der Waals surface area contributed by atoms with Crippen LogP contribution in [0.25, 0.3) is 6.08 Å². The Morgan fingerprint density at radius 2 is 2.58 bits per heavy atom. The van der Waals surface area contributed by atoms with Gasteiger partial charge in [0.1, 0.15) is 0 Å². The molecule has 1 aromatic heterocycles. The van der Waals surface area contributed by atoms with E-state index in [1.165, 1.54) is 6.08 Å². The molecule has 0 spiro atoms. The summed E-state index contributed by atoms with van der Waals surface area (Å²) in [5, 5.41) is 3.93. The van der Waals surface area contributed by atoms with E-state index < -0.39 is 0 Å². The van der Waals surface area contributed by atoms with E-state index in [1.54, 1.807) is 24.3 Å². The molecular weight excluding hydrogens is 172 g/mol. The predicted octanol–water partition coefficient (Wildman–Crippen LogP) is 2.32. The molecule has 1 aromatic rings. The standard InChI is InChI=1S/C9H10O2S/c1-2-11-9(10)4-3-8-5-6-12-7-8/h3-7H,2H2,1H3/b4-3+. The van der Waals surface area contributed by atoms with Crippen LogP contribution in [0.2, 0.25) is 0 Å². The van der Waals surface area contributed by atoms with Gasteiger partial charge in [-0.15, -0.1) is 0 Å². The van der Waals surface area contributed by atoms with Gasteiger partial charge in [0.05, 0.1) is 6.61 Å². The van der Waals surface area contributed by atoms with E-state index in [1.807, 2.05) is 16.8 Å². The highest BCUT2D eigenvalue weighted by molar-refractivity contribution is 7.08. The maximum Gasteiger partial charge on any atom is 0.330 e. The summed E-state index contributed by atoms with van der Waals surface area (Å²) in [7, 11) is 0. The molecule has 0 fully saturated rings. The summed E-state index contributed by atoms with van der Waals surface area (Å²) in [6, 6.07) is 1.94. The molecule has 0 aliphatic rings. The molecule has 0 aliphatic heterocycles. The zero-order chi connectivity index (χ0) is 8.81. The van der Waals surface area contributed by atoms with E-state index in [9.17, 15) is 4.79 Å². The Balaban J connectivity index is 2.45. The largest absolute Gasteiger partial charge is 0.463 e. The van der Waals surface area contributed by atoms with E-state index in [4.69, 9.17) is 4.74 Å². The third kappa shape index (κ3) is 2.88.